The van der Waals surface area contributed by atoms with Crippen molar-refractivity contribution in [1.82, 2.24) is 15.5 Å². The minimum absolute atomic E-state index is 0.722. The molecule has 0 spiro atoms. The van der Waals surface area contributed by atoms with Gasteiger partial charge in [0, 0.05) is 37.8 Å². The molecule has 3 nitrogen and oxygen atoms in total. The second-order valence-corrected chi connectivity index (χ2v) is 6.47. The molecule has 3 heteroatoms. The quantitative estimate of drug-likeness (QED) is 0.797. The third-order valence-corrected chi connectivity index (χ3v) is 4.85. The van der Waals surface area contributed by atoms with Gasteiger partial charge in [-0.25, -0.2) is 0 Å². The van der Waals surface area contributed by atoms with E-state index in [1.165, 1.54) is 77.5 Å². The molecule has 18 heavy (non-hydrogen) atoms. The third kappa shape index (κ3) is 3.69. The molecule has 3 aliphatic rings. The predicted molar refractivity (Wildman–Crippen MR) is 75.9 cm³/mol. The van der Waals surface area contributed by atoms with E-state index in [0.29, 0.717) is 0 Å². The molecular formula is C15H29N3. The van der Waals surface area contributed by atoms with Crippen molar-refractivity contribution < 1.29 is 0 Å². The number of hydrogen-bond donors (Lipinski definition) is 2. The Morgan fingerprint density at radius 1 is 1.00 bits per heavy atom. The van der Waals surface area contributed by atoms with Crippen LogP contribution < -0.4 is 10.6 Å². The summed E-state index contributed by atoms with van der Waals surface area (Å²) in [5.41, 5.74) is 0. The maximum Gasteiger partial charge on any atom is 0.0207 e. The molecule has 2 N–H and O–H groups in total. The maximum atomic E-state index is 3.81. The Hall–Kier alpha value is -0.120. The fraction of sp³-hybridized carbons (Fsp3) is 1.00. The fourth-order valence-electron chi connectivity index (χ4n) is 3.49. The van der Waals surface area contributed by atoms with Gasteiger partial charge in [-0.05, 0) is 38.6 Å². The molecule has 0 aromatic carbocycles. The Bertz CT molecular complexity index is 244. The van der Waals surface area contributed by atoms with Crippen molar-refractivity contribution in [3.63, 3.8) is 0 Å². The molecule has 0 aromatic heterocycles. The molecule has 0 amide bonds. The topological polar surface area (TPSA) is 27.3 Å². The lowest BCUT2D eigenvalue weighted by molar-refractivity contribution is 0.312. The summed E-state index contributed by atoms with van der Waals surface area (Å²) in [5.74, 6) is 0. The minimum atomic E-state index is 0.722. The fourth-order valence-corrected chi connectivity index (χ4v) is 3.49. The van der Waals surface area contributed by atoms with Gasteiger partial charge in [0.15, 0.2) is 0 Å². The monoisotopic (exact) mass is 251 g/mol. The van der Waals surface area contributed by atoms with E-state index in [1.807, 2.05) is 0 Å². The molecule has 0 aromatic rings. The van der Waals surface area contributed by atoms with Gasteiger partial charge in [0.05, 0.1) is 0 Å². The van der Waals surface area contributed by atoms with Gasteiger partial charge in [0.1, 0.15) is 0 Å². The summed E-state index contributed by atoms with van der Waals surface area (Å²) >= 11 is 0. The van der Waals surface area contributed by atoms with Crippen LogP contribution in [0.15, 0.2) is 0 Å². The van der Waals surface area contributed by atoms with Crippen molar-refractivity contribution >= 4 is 0 Å². The molecule has 2 heterocycles. The SMILES string of the molecule is C1CCCC(CNC2CCN(C3CC3)C2)NCC1. The molecule has 104 valence electrons. The van der Waals surface area contributed by atoms with E-state index in [-0.39, 0.29) is 0 Å². The highest BCUT2D eigenvalue weighted by atomic mass is 15.2. The van der Waals surface area contributed by atoms with E-state index < -0.39 is 0 Å². The Morgan fingerprint density at radius 3 is 2.78 bits per heavy atom. The first-order valence-electron chi connectivity index (χ1n) is 8.12. The molecule has 1 saturated carbocycles. The first-order chi connectivity index (χ1) is 8.92. The van der Waals surface area contributed by atoms with E-state index in [0.717, 1.165) is 18.1 Å². The lowest BCUT2D eigenvalue weighted by Gasteiger charge is -2.24. The first kappa shape index (κ1) is 12.9. The molecule has 2 saturated heterocycles. The summed E-state index contributed by atoms with van der Waals surface area (Å²) in [6, 6.07) is 2.44. The van der Waals surface area contributed by atoms with Gasteiger partial charge < -0.3 is 10.6 Å². The van der Waals surface area contributed by atoms with E-state index >= 15 is 0 Å². The van der Waals surface area contributed by atoms with Crippen molar-refractivity contribution in [3.05, 3.63) is 0 Å². The second kappa shape index (κ2) is 6.36. The highest BCUT2D eigenvalue weighted by Crippen LogP contribution is 2.29. The van der Waals surface area contributed by atoms with Crippen molar-refractivity contribution in [1.29, 1.82) is 0 Å². The zero-order valence-corrected chi connectivity index (χ0v) is 11.7. The zero-order chi connectivity index (χ0) is 12.2. The van der Waals surface area contributed by atoms with E-state index in [2.05, 4.69) is 15.5 Å². The number of rotatable bonds is 4. The molecule has 0 radical (unpaired) electrons. The molecule has 2 unspecified atom stereocenters. The van der Waals surface area contributed by atoms with Crippen LogP contribution in [-0.2, 0) is 0 Å². The highest BCUT2D eigenvalue weighted by Gasteiger charge is 2.34. The van der Waals surface area contributed by atoms with Gasteiger partial charge in [-0.3, -0.25) is 4.90 Å². The van der Waals surface area contributed by atoms with E-state index in [1.54, 1.807) is 0 Å². The molecule has 3 rings (SSSR count). The van der Waals surface area contributed by atoms with Crippen molar-refractivity contribution in [2.75, 3.05) is 26.2 Å². The summed E-state index contributed by atoms with van der Waals surface area (Å²) in [7, 11) is 0. The molecular weight excluding hydrogens is 222 g/mol. The van der Waals surface area contributed by atoms with Crippen LogP contribution in [0.4, 0.5) is 0 Å². The summed E-state index contributed by atoms with van der Waals surface area (Å²) in [6.45, 7) is 5.05. The zero-order valence-electron chi connectivity index (χ0n) is 11.7. The smallest absolute Gasteiger partial charge is 0.0207 e. The van der Waals surface area contributed by atoms with Gasteiger partial charge in [0.2, 0.25) is 0 Å². The Labute approximate surface area is 112 Å². The lowest BCUT2D eigenvalue weighted by Crippen LogP contribution is -2.44. The van der Waals surface area contributed by atoms with Crippen molar-refractivity contribution in [3.8, 4) is 0 Å². The van der Waals surface area contributed by atoms with Crippen molar-refractivity contribution in [2.45, 2.75) is 69.5 Å². The van der Waals surface area contributed by atoms with Crippen molar-refractivity contribution in [2.24, 2.45) is 0 Å². The lowest BCUT2D eigenvalue weighted by atomic mass is 10.0. The summed E-state index contributed by atoms with van der Waals surface area (Å²) < 4.78 is 0. The Morgan fingerprint density at radius 2 is 1.89 bits per heavy atom. The first-order valence-corrected chi connectivity index (χ1v) is 8.12. The van der Waals surface area contributed by atoms with Gasteiger partial charge in [-0.2, -0.15) is 0 Å². The number of hydrogen-bond acceptors (Lipinski definition) is 3. The number of likely N-dealkylation sites (tertiary alicyclic amines) is 1. The number of nitrogens with zero attached hydrogens (tertiary/aromatic N) is 1. The largest absolute Gasteiger partial charge is 0.313 e. The van der Waals surface area contributed by atoms with Crippen LogP contribution in [0.3, 0.4) is 0 Å². The second-order valence-electron chi connectivity index (χ2n) is 6.47. The Balaban J connectivity index is 1.35. The number of nitrogens with one attached hydrogen (secondary N) is 2. The average Bonchev–Trinajstić information content (AvgIpc) is 3.08. The van der Waals surface area contributed by atoms with Gasteiger partial charge in [-0.1, -0.05) is 19.3 Å². The van der Waals surface area contributed by atoms with E-state index in [9.17, 15) is 0 Å². The van der Waals surface area contributed by atoms with Crippen LogP contribution in [0, 0.1) is 0 Å². The predicted octanol–water partition coefficient (Wildman–Crippen LogP) is 1.73. The molecule has 2 aliphatic heterocycles. The normalized spacial score (nSPS) is 35.3. The van der Waals surface area contributed by atoms with Crippen LogP contribution in [0.25, 0.3) is 0 Å². The van der Waals surface area contributed by atoms with Gasteiger partial charge >= 0.3 is 0 Å². The molecule has 2 atom stereocenters. The standard InChI is InChI=1S/C15H29N3/c1-2-4-9-16-13(5-3-1)11-17-14-8-10-18(12-14)15-6-7-15/h13-17H,1-12H2. The van der Waals surface area contributed by atoms with Crippen LogP contribution in [0.1, 0.15) is 51.4 Å². The van der Waals surface area contributed by atoms with Gasteiger partial charge in [-0.15, -0.1) is 0 Å². The van der Waals surface area contributed by atoms with Crippen LogP contribution in [0.5, 0.6) is 0 Å². The highest BCUT2D eigenvalue weighted by molar-refractivity contribution is 4.92. The minimum Gasteiger partial charge on any atom is -0.313 e. The average molecular weight is 251 g/mol. The van der Waals surface area contributed by atoms with Crippen LogP contribution in [0.2, 0.25) is 0 Å². The summed E-state index contributed by atoms with van der Waals surface area (Å²) in [5, 5.41) is 7.52. The maximum absolute atomic E-state index is 3.81. The molecule has 0 bridgehead atoms. The van der Waals surface area contributed by atoms with Crippen LogP contribution in [-0.4, -0.2) is 49.2 Å². The summed E-state index contributed by atoms with van der Waals surface area (Å²) in [4.78, 5) is 2.70. The van der Waals surface area contributed by atoms with Crippen LogP contribution >= 0.6 is 0 Å². The molecule has 1 aliphatic carbocycles. The van der Waals surface area contributed by atoms with E-state index in [4.69, 9.17) is 0 Å². The summed E-state index contributed by atoms with van der Waals surface area (Å²) in [6.07, 6.45) is 11.3. The third-order valence-electron chi connectivity index (χ3n) is 4.85. The van der Waals surface area contributed by atoms with Gasteiger partial charge in [0.25, 0.3) is 0 Å². The Kier molecular flexibility index (Phi) is 4.55. The molecule has 3 fully saturated rings.